The number of rotatable bonds is 57. The van der Waals surface area contributed by atoms with Gasteiger partial charge in [0.25, 0.3) is 0 Å². The molecule has 0 bridgehead atoms. The summed E-state index contributed by atoms with van der Waals surface area (Å²) in [4.78, 5) is 38.2. The SMILES string of the molecule is CCCCC/C=C\C/C=C\C/C=C\C/C=C\C/C=C\CCC(=O)OC[C@H](COC(=O)CCCCCCCCCCCCCCCCCCCCCCC)OC(=O)CCCCCCC/C=C\CCCCCCCC. The third kappa shape index (κ3) is 59.6. The third-order valence-corrected chi connectivity index (χ3v) is 13.7. The summed E-state index contributed by atoms with van der Waals surface area (Å²) in [5.74, 6) is -0.979. The van der Waals surface area contributed by atoms with Crippen LogP contribution >= 0.6 is 0 Å². The summed E-state index contributed by atoms with van der Waals surface area (Å²) in [5.41, 5.74) is 0. The molecule has 6 nitrogen and oxygen atoms in total. The van der Waals surface area contributed by atoms with E-state index in [4.69, 9.17) is 14.2 Å². The van der Waals surface area contributed by atoms with E-state index in [2.05, 4.69) is 87.6 Å². The molecule has 0 radical (unpaired) electrons. The van der Waals surface area contributed by atoms with Crippen molar-refractivity contribution in [3.8, 4) is 0 Å². The average Bonchev–Trinajstić information content (AvgIpc) is 3.39. The van der Waals surface area contributed by atoms with Crippen molar-refractivity contribution in [3.63, 3.8) is 0 Å². The Kier molecular flexibility index (Phi) is 58.7. The Morgan fingerprint density at radius 2 is 0.521 bits per heavy atom. The van der Waals surface area contributed by atoms with Gasteiger partial charge in [0.15, 0.2) is 6.10 Å². The van der Waals surface area contributed by atoms with Crippen LogP contribution in [-0.4, -0.2) is 37.2 Å². The second-order valence-corrected chi connectivity index (χ2v) is 21.0. The van der Waals surface area contributed by atoms with Crippen LogP contribution in [0.3, 0.4) is 0 Å². The molecule has 0 saturated carbocycles. The molecular formula is C67H118O6. The van der Waals surface area contributed by atoms with Crippen molar-refractivity contribution < 1.29 is 28.6 Å². The summed E-state index contributed by atoms with van der Waals surface area (Å²) < 4.78 is 16.8. The van der Waals surface area contributed by atoms with Crippen molar-refractivity contribution in [3.05, 3.63) is 72.9 Å². The van der Waals surface area contributed by atoms with E-state index in [1.165, 1.54) is 193 Å². The van der Waals surface area contributed by atoms with Crippen molar-refractivity contribution in [2.45, 2.75) is 322 Å². The molecule has 0 aliphatic carbocycles. The second-order valence-electron chi connectivity index (χ2n) is 21.0. The molecular weight excluding hydrogens is 901 g/mol. The number of esters is 3. The zero-order valence-electron chi connectivity index (χ0n) is 48.4. The predicted octanol–water partition coefficient (Wildman–Crippen LogP) is 21.3. The number of unbranched alkanes of at least 4 members (excludes halogenated alkanes) is 34. The van der Waals surface area contributed by atoms with Gasteiger partial charge in [-0.05, 0) is 83.5 Å². The van der Waals surface area contributed by atoms with E-state index in [9.17, 15) is 14.4 Å². The molecule has 0 amide bonds. The Hall–Kier alpha value is -3.15. The summed E-state index contributed by atoms with van der Waals surface area (Å²) in [7, 11) is 0. The highest BCUT2D eigenvalue weighted by atomic mass is 16.6. The van der Waals surface area contributed by atoms with Crippen LogP contribution in [0.4, 0.5) is 0 Å². The fourth-order valence-electron chi connectivity index (χ4n) is 8.95. The minimum Gasteiger partial charge on any atom is -0.462 e. The second kappa shape index (κ2) is 61.4. The lowest BCUT2D eigenvalue weighted by Gasteiger charge is -2.18. The van der Waals surface area contributed by atoms with E-state index in [0.717, 1.165) is 77.0 Å². The van der Waals surface area contributed by atoms with E-state index < -0.39 is 6.10 Å². The monoisotopic (exact) mass is 1020 g/mol. The number of carbonyl (C=O) groups is 3. The summed E-state index contributed by atoms with van der Waals surface area (Å²) in [6.45, 7) is 6.58. The molecule has 0 unspecified atom stereocenters. The zero-order chi connectivity index (χ0) is 52.9. The molecule has 0 fully saturated rings. The summed E-state index contributed by atoms with van der Waals surface area (Å²) in [6, 6.07) is 0. The highest BCUT2D eigenvalue weighted by Gasteiger charge is 2.19. The number of hydrogen-bond donors (Lipinski definition) is 0. The largest absolute Gasteiger partial charge is 0.462 e. The van der Waals surface area contributed by atoms with Gasteiger partial charge in [0.05, 0.1) is 0 Å². The number of hydrogen-bond acceptors (Lipinski definition) is 6. The van der Waals surface area contributed by atoms with Crippen molar-refractivity contribution in [2.24, 2.45) is 0 Å². The Bertz CT molecular complexity index is 1360. The zero-order valence-corrected chi connectivity index (χ0v) is 48.4. The molecule has 0 spiro atoms. The summed E-state index contributed by atoms with van der Waals surface area (Å²) in [5, 5.41) is 0. The molecule has 0 aromatic carbocycles. The first-order valence-corrected chi connectivity index (χ1v) is 31.4. The lowest BCUT2D eigenvalue weighted by Crippen LogP contribution is -2.30. The Labute approximate surface area is 453 Å². The molecule has 73 heavy (non-hydrogen) atoms. The lowest BCUT2D eigenvalue weighted by molar-refractivity contribution is -0.166. The minimum absolute atomic E-state index is 0.0987. The molecule has 0 N–H and O–H groups in total. The van der Waals surface area contributed by atoms with Crippen molar-refractivity contribution in [1.82, 2.24) is 0 Å². The van der Waals surface area contributed by atoms with Gasteiger partial charge < -0.3 is 14.2 Å². The molecule has 1 atom stereocenters. The quantitative estimate of drug-likeness (QED) is 0.0261. The van der Waals surface area contributed by atoms with Crippen molar-refractivity contribution in [1.29, 1.82) is 0 Å². The van der Waals surface area contributed by atoms with Crippen LogP contribution in [0.25, 0.3) is 0 Å². The maximum atomic E-state index is 12.9. The standard InChI is InChI=1S/C67H118O6/c1-4-7-10-13-16-19-22-25-28-30-32-33-35-37-40-42-45-48-51-54-57-60-66(69)72-63-64(73-67(70)61-58-55-52-49-46-43-38-27-24-21-18-15-12-9-6-3)62-71-65(68)59-56-53-50-47-44-41-39-36-34-31-29-26-23-20-17-14-11-8-5-2/h17,20,26-27,29,34,36,38,41,44,50,53,64H,4-16,18-19,21-25,28,30-33,35,37,39-40,42-43,45-49,51-52,54-63H2,1-3H3/b20-17-,29-26-,36-34-,38-27-,44-41-,53-50-/t64-/m1/s1. The molecule has 0 aliphatic rings. The van der Waals surface area contributed by atoms with E-state index in [1.807, 2.05) is 6.08 Å². The van der Waals surface area contributed by atoms with Gasteiger partial charge in [-0.1, -0.05) is 286 Å². The Morgan fingerprint density at radius 1 is 0.274 bits per heavy atom. The first kappa shape index (κ1) is 69.8. The first-order chi connectivity index (χ1) is 36.0. The average molecular weight is 1020 g/mol. The van der Waals surface area contributed by atoms with E-state index in [-0.39, 0.29) is 37.5 Å². The fraction of sp³-hybridized carbons (Fsp3) is 0.776. The number of allylic oxidation sites excluding steroid dienone is 12. The topological polar surface area (TPSA) is 78.9 Å². The van der Waals surface area contributed by atoms with Crippen LogP contribution in [0.2, 0.25) is 0 Å². The van der Waals surface area contributed by atoms with Crippen LogP contribution < -0.4 is 0 Å². The van der Waals surface area contributed by atoms with Crippen LogP contribution in [0.15, 0.2) is 72.9 Å². The summed E-state index contributed by atoms with van der Waals surface area (Å²) in [6.07, 6.45) is 79.2. The van der Waals surface area contributed by atoms with E-state index in [0.29, 0.717) is 19.3 Å². The predicted molar refractivity (Wildman–Crippen MR) is 316 cm³/mol. The molecule has 0 rings (SSSR count). The maximum Gasteiger partial charge on any atom is 0.306 e. The van der Waals surface area contributed by atoms with Crippen LogP contribution in [0.5, 0.6) is 0 Å². The first-order valence-electron chi connectivity index (χ1n) is 31.4. The van der Waals surface area contributed by atoms with Gasteiger partial charge in [0, 0.05) is 19.3 Å². The molecule has 0 heterocycles. The highest BCUT2D eigenvalue weighted by Crippen LogP contribution is 2.17. The van der Waals surface area contributed by atoms with Gasteiger partial charge >= 0.3 is 17.9 Å². The molecule has 0 aromatic heterocycles. The Balaban J connectivity index is 4.42. The van der Waals surface area contributed by atoms with Crippen LogP contribution in [-0.2, 0) is 28.6 Å². The van der Waals surface area contributed by atoms with Gasteiger partial charge in [0.1, 0.15) is 13.2 Å². The molecule has 6 heteroatoms. The Morgan fingerprint density at radius 3 is 0.890 bits per heavy atom. The van der Waals surface area contributed by atoms with Crippen molar-refractivity contribution >= 4 is 17.9 Å². The number of ether oxygens (including phenoxy) is 3. The molecule has 0 saturated heterocycles. The van der Waals surface area contributed by atoms with Gasteiger partial charge in [0.2, 0.25) is 0 Å². The van der Waals surface area contributed by atoms with Gasteiger partial charge in [-0.2, -0.15) is 0 Å². The maximum absolute atomic E-state index is 12.9. The summed E-state index contributed by atoms with van der Waals surface area (Å²) >= 11 is 0. The third-order valence-electron chi connectivity index (χ3n) is 13.7. The van der Waals surface area contributed by atoms with E-state index >= 15 is 0 Å². The van der Waals surface area contributed by atoms with Crippen LogP contribution in [0.1, 0.15) is 316 Å². The van der Waals surface area contributed by atoms with Crippen LogP contribution in [0, 0.1) is 0 Å². The smallest absolute Gasteiger partial charge is 0.306 e. The fourth-order valence-corrected chi connectivity index (χ4v) is 8.95. The van der Waals surface area contributed by atoms with Gasteiger partial charge in [-0.25, -0.2) is 0 Å². The molecule has 0 aliphatic heterocycles. The normalized spacial score (nSPS) is 12.5. The molecule has 0 aromatic rings. The van der Waals surface area contributed by atoms with E-state index in [1.54, 1.807) is 0 Å². The highest BCUT2D eigenvalue weighted by molar-refractivity contribution is 5.71. The van der Waals surface area contributed by atoms with Crippen molar-refractivity contribution in [2.75, 3.05) is 13.2 Å². The lowest BCUT2D eigenvalue weighted by atomic mass is 10.0. The number of carbonyl (C=O) groups excluding carboxylic acids is 3. The minimum atomic E-state index is -0.809. The van der Waals surface area contributed by atoms with Gasteiger partial charge in [-0.15, -0.1) is 0 Å². The molecule has 422 valence electrons. The van der Waals surface area contributed by atoms with Gasteiger partial charge in [-0.3, -0.25) is 14.4 Å².